The molecule has 1 fully saturated rings. The average Bonchev–Trinajstić information content (AvgIpc) is 2.45. The maximum atomic E-state index is 11.9. The van der Waals surface area contributed by atoms with Crippen molar-refractivity contribution in [3.8, 4) is 0 Å². The Labute approximate surface area is 113 Å². The lowest BCUT2D eigenvalue weighted by Gasteiger charge is -2.34. The first kappa shape index (κ1) is 13.8. The van der Waals surface area contributed by atoms with Gasteiger partial charge in [-0.1, -0.05) is 30.3 Å². The largest absolute Gasteiger partial charge is 0.445 e. The van der Waals surface area contributed by atoms with E-state index in [4.69, 9.17) is 10.5 Å². The number of piperidine rings is 1. The standard InChI is InChI=1S/C14H20N2O3/c15-8-12-6-7-16(9-13(12)17)14(18)19-10-11-4-2-1-3-5-11/h1-5,12-13,17H,6-10,15H2. The van der Waals surface area contributed by atoms with E-state index in [0.29, 0.717) is 19.6 Å². The van der Waals surface area contributed by atoms with Crippen LogP contribution in [-0.4, -0.2) is 41.8 Å². The van der Waals surface area contributed by atoms with Crippen LogP contribution in [0, 0.1) is 5.92 Å². The average molecular weight is 264 g/mol. The van der Waals surface area contributed by atoms with Crippen molar-refractivity contribution < 1.29 is 14.6 Å². The summed E-state index contributed by atoms with van der Waals surface area (Å²) in [6.45, 7) is 1.60. The van der Waals surface area contributed by atoms with E-state index in [1.54, 1.807) is 4.90 Å². The van der Waals surface area contributed by atoms with Crippen LogP contribution in [0.15, 0.2) is 30.3 Å². The number of carbonyl (C=O) groups excluding carboxylic acids is 1. The number of aliphatic hydroxyl groups excluding tert-OH is 1. The molecule has 0 aliphatic carbocycles. The third-order valence-corrected chi connectivity index (χ3v) is 3.49. The van der Waals surface area contributed by atoms with Crippen molar-refractivity contribution in [1.82, 2.24) is 4.90 Å². The minimum Gasteiger partial charge on any atom is -0.445 e. The van der Waals surface area contributed by atoms with Crippen molar-refractivity contribution in [2.75, 3.05) is 19.6 Å². The zero-order chi connectivity index (χ0) is 13.7. The quantitative estimate of drug-likeness (QED) is 0.852. The van der Waals surface area contributed by atoms with E-state index in [9.17, 15) is 9.90 Å². The van der Waals surface area contributed by atoms with Crippen molar-refractivity contribution in [3.05, 3.63) is 35.9 Å². The highest BCUT2D eigenvalue weighted by Crippen LogP contribution is 2.17. The molecule has 1 amide bonds. The summed E-state index contributed by atoms with van der Waals surface area (Å²) in [6, 6.07) is 9.53. The van der Waals surface area contributed by atoms with E-state index >= 15 is 0 Å². The van der Waals surface area contributed by atoms with Crippen LogP contribution in [0.3, 0.4) is 0 Å². The fourth-order valence-electron chi connectivity index (χ4n) is 2.23. The molecular formula is C14H20N2O3. The molecule has 5 nitrogen and oxygen atoms in total. The number of amides is 1. The number of carbonyl (C=O) groups is 1. The summed E-state index contributed by atoms with van der Waals surface area (Å²) >= 11 is 0. The number of β-amino-alcohol motifs (C(OH)–C–C–N with tert-alkyl or cyclic N) is 1. The molecule has 2 rings (SSSR count). The Hall–Kier alpha value is -1.59. The number of hydrogen-bond acceptors (Lipinski definition) is 4. The number of aliphatic hydroxyl groups is 1. The first-order chi connectivity index (χ1) is 9.20. The van der Waals surface area contributed by atoms with Crippen LogP contribution in [0.2, 0.25) is 0 Å². The Morgan fingerprint density at radius 2 is 2.16 bits per heavy atom. The molecule has 3 N–H and O–H groups in total. The molecule has 104 valence electrons. The SMILES string of the molecule is NCC1CCN(C(=O)OCc2ccccc2)CC1O. The lowest BCUT2D eigenvalue weighted by molar-refractivity contribution is 0.0163. The summed E-state index contributed by atoms with van der Waals surface area (Å²) in [5.74, 6) is 0.0816. The Bertz CT molecular complexity index is 410. The zero-order valence-electron chi connectivity index (χ0n) is 10.9. The van der Waals surface area contributed by atoms with Gasteiger partial charge in [-0.15, -0.1) is 0 Å². The van der Waals surface area contributed by atoms with Crippen LogP contribution in [0.1, 0.15) is 12.0 Å². The summed E-state index contributed by atoms with van der Waals surface area (Å²) in [4.78, 5) is 13.4. The number of benzene rings is 1. The number of nitrogens with two attached hydrogens (primary N) is 1. The second-order valence-electron chi connectivity index (χ2n) is 4.84. The Morgan fingerprint density at radius 3 is 2.79 bits per heavy atom. The Morgan fingerprint density at radius 1 is 1.42 bits per heavy atom. The van der Waals surface area contributed by atoms with E-state index in [1.165, 1.54) is 0 Å². The van der Waals surface area contributed by atoms with Gasteiger partial charge in [-0.2, -0.15) is 0 Å². The number of hydrogen-bond donors (Lipinski definition) is 2. The van der Waals surface area contributed by atoms with E-state index in [1.807, 2.05) is 30.3 Å². The first-order valence-corrected chi connectivity index (χ1v) is 6.54. The van der Waals surface area contributed by atoms with Crippen molar-refractivity contribution in [1.29, 1.82) is 0 Å². The number of nitrogens with zero attached hydrogens (tertiary/aromatic N) is 1. The van der Waals surface area contributed by atoms with Gasteiger partial charge in [0, 0.05) is 12.5 Å². The predicted octanol–water partition coefficient (Wildman–Crippen LogP) is 0.965. The van der Waals surface area contributed by atoms with Gasteiger partial charge in [0.15, 0.2) is 0 Å². The topological polar surface area (TPSA) is 75.8 Å². The molecule has 0 bridgehead atoms. The fourth-order valence-corrected chi connectivity index (χ4v) is 2.23. The molecule has 5 heteroatoms. The minimum atomic E-state index is -0.553. The molecule has 0 spiro atoms. The van der Waals surface area contributed by atoms with E-state index in [0.717, 1.165) is 12.0 Å². The predicted molar refractivity (Wildman–Crippen MR) is 71.4 cm³/mol. The molecule has 0 radical (unpaired) electrons. The molecule has 19 heavy (non-hydrogen) atoms. The number of ether oxygens (including phenoxy) is 1. The molecule has 1 aliphatic rings. The van der Waals surface area contributed by atoms with Gasteiger partial charge in [0.25, 0.3) is 0 Å². The third-order valence-electron chi connectivity index (χ3n) is 3.49. The van der Waals surface area contributed by atoms with Crippen LogP contribution in [0.25, 0.3) is 0 Å². The van der Waals surface area contributed by atoms with Crippen LogP contribution < -0.4 is 5.73 Å². The summed E-state index contributed by atoms with van der Waals surface area (Å²) in [6.07, 6.45) is -0.209. The van der Waals surface area contributed by atoms with Crippen molar-refractivity contribution >= 4 is 6.09 Å². The summed E-state index contributed by atoms with van der Waals surface area (Å²) in [5.41, 5.74) is 6.51. The van der Waals surface area contributed by atoms with Gasteiger partial charge in [0.05, 0.1) is 12.6 Å². The smallest absolute Gasteiger partial charge is 0.410 e. The van der Waals surface area contributed by atoms with Crippen LogP contribution >= 0.6 is 0 Å². The van der Waals surface area contributed by atoms with Gasteiger partial charge in [-0.3, -0.25) is 0 Å². The summed E-state index contributed by atoms with van der Waals surface area (Å²) < 4.78 is 5.23. The first-order valence-electron chi connectivity index (χ1n) is 6.54. The summed E-state index contributed by atoms with van der Waals surface area (Å²) in [7, 11) is 0. The minimum absolute atomic E-state index is 0.0816. The maximum absolute atomic E-state index is 11.9. The normalized spacial score (nSPS) is 23.2. The highest BCUT2D eigenvalue weighted by Gasteiger charge is 2.29. The number of rotatable bonds is 3. The van der Waals surface area contributed by atoms with E-state index in [-0.39, 0.29) is 18.6 Å². The monoisotopic (exact) mass is 264 g/mol. The van der Waals surface area contributed by atoms with Crippen LogP contribution in [0.4, 0.5) is 4.79 Å². The second-order valence-corrected chi connectivity index (χ2v) is 4.84. The van der Waals surface area contributed by atoms with Crippen molar-refractivity contribution in [3.63, 3.8) is 0 Å². The fraction of sp³-hybridized carbons (Fsp3) is 0.500. The van der Waals surface area contributed by atoms with Gasteiger partial charge in [-0.05, 0) is 18.5 Å². The molecule has 1 aliphatic heterocycles. The Balaban J connectivity index is 1.81. The second kappa shape index (κ2) is 6.54. The van der Waals surface area contributed by atoms with Gasteiger partial charge in [0.1, 0.15) is 6.61 Å². The lowest BCUT2D eigenvalue weighted by Crippen LogP contribution is -2.48. The molecule has 2 unspecified atom stereocenters. The van der Waals surface area contributed by atoms with Gasteiger partial charge < -0.3 is 20.5 Å². The molecule has 1 aromatic carbocycles. The summed E-state index contributed by atoms with van der Waals surface area (Å²) in [5, 5.41) is 9.84. The maximum Gasteiger partial charge on any atom is 0.410 e. The van der Waals surface area contributed by atoms with Crippen molar-refractivity contribution in [2.24, 2.45) is 11.7 Å². The van der Waals surface area contributed by atoms with Crippen molar-refractivity contribution in [2.45, 2.75) is 19.1 Å². The zero-order valence-corrected chi connectivity index (χ0v) is 10.9. The van der Waals surface area contributed by atoms with Crippen LogP contribution in [0.5, 0.6) is 0 Å². The molecule has 1 aromatic rings. The molecule has 1 heterocycles. The molecule has 0 aromatic heterocycles. The molecule has 0 saturated carbocycles. The lowest BCUT2D eigenvalue weighted by atomic mass is 9.94. The van der Waals surface area contributed by atoms with Gasteiger partial charge >= 0.3 is 6.09 Å². The molecular weight excluding hydrogens is 244 g/mol. The Kier molecular flexibility index (Phi) is 4.76. The highest BCUT2D eigenvalue weighted by molar-refractivity contribution is 5.67. The van der Waals surface area contributed by atoms with E-state index < -0.39 is 6.10 Å². The molecule has 1 saturated heterocycles. The van der Waals surface area contributed by atoms with E-state index in [2.05, 4.69) is 0 Å². The third kappa shape index (κ3) is 3.68. The van der Waals surface area contributed by atoms with Gasteiger partial charge in [0.2, 0.25) is 0 Å². The van der Waals surface area contributed by atoms with Crippen LogP contribution in [-0.2, 0) is 11.3 Å². The number of likely N-dealkylation sites (tertiary alicyclic amines) is 1. The van der Waals surface area contributed by atoms with Gasteiger partial charge in [-0.25, -0.2) is 4.79 Å². The molecule has 2 atom stereocenters. The highest BCUT2D eigenvalue weighted by atomic mass is 16.6.